The Hall–Kier alpha value is -5.42. The van der Waals surface area contributed by atoms with Crippen molar-refractivity contribution in [2.75, 3.05) is 6.54 Å². The van der Waals surface area contributed by atoms with Gasteiger partial charge in [-0.1, -0.05) is 233 Å². The monoisotopic (exact) mass is 1520 g/mol. The van der Waals surface area contributed by atoms with Gasteiger partial charge in [-0.3, -0.25) is 4.79 Å². The highest BCUT2D eigenvalue weighted by atomic mass is 32.2. The zero-order valence-corrected chi connectivity index (χ0v) is 70.8. The summed E-state index contributed by atoms with van der Waals surface area (Å²) in [6.07, 6.45) is 27.5. The third-order valence-corrected chi connectivity index (χ3v) is 25.9. The minimum absolute atomic E-state index is 0.0592. The molecule has 0 aromatic heterocycles. The van der Waals surface area contributed by atoms with Crippen LogP contribution in [0.2, 0.25) is 0 Å². The van der Waals surface area contributed by atoms with Gasteiger partial charge < -0.3 is 44.7 Å². The molecule has 0 unspecified atom stereocenters. The van der Waals surface area contributed by atoms with Crippen LogP contribution in [-0.4, -0.2) is 115 Å². The molecule has 0 saturated carbocycles. The van der Waals surface area contributed by atoms with Gasteiger partial charge >= 0.3 is 0 Å². The van der Waals surface area contributed by atoms with E-state index in [1.165, 1.54) is 58.1 Å². The second-order valence-corrected chi connectivity index (χ2v) is 34.8. The average molecular weight is 1520 g/mol. The van der Waals surface area contributed by atoms with E-state index in [1.54, 1.807) is 36.4 Å². The number of ketones is 1. The van der Waals surface area contributed by atoms with E-state index in [4.69, 9.17) is 29.4 Å². The number of hydrogen-bond acceptors (Lipinski definition) is 12. The molecule has 0 spiro atoms. The first kappa shape index (κ1) is 94.2. The molecule has 0 bridgehead atoms. The molecule has 0 amide bonds. The van der Waals surface area contributed by atoms with Crippen LogP contribution in [0.3, 0.4) is 0 Å². The predicted octanol–water partition coefficient (Wildman–Crippen LogP) is 20.6. The number of rotatable bonds is 36. The number of Topliss-reactive ketones (excluding diaryl/α,β-unsaturated/α-hetero) is 1. The van der Waals surface area contributed by atoms with Gasteiger partial charge in [-0.25, -0.2) is 8.42 Å². The van der Waals surface area contributed by atoms with Crippen molar-refractivity contribution >= 4 is 15.6 Å². The molecule has 5 aliphatic rings. The molecule has 5 N–H and O–H groups in total. The minimum atomic E-state index is -3.64. The molecule has 4 aromatic rings. The Labute approximate surface area is 662 Å². The van der Waals surface area contributed by atoms with Gasteiger partial charge in [0.05, 0.1) is 72.0 Å². The Morgan fingerprint density at radius 1 is 0.431 bits per heavy atom. The van der Waals surface area contributed by atoms with Crippen LogP contribution in [0.5, 0.6) is 0 Å². The number of sulfone groups is 1. The first-order valence-electron chi connectivity index (χ1n) is 41.8. The number of benzene rings is 4. The topological polar surface area (TPSA) is 184 Å². The number of carbonyl (C=O) groups excluding carboxylic acids is 1. The summed E-state index contributed by atoms with van der Waals surface area (Å²) in [7, 11) is -3.64. The van der Waals surface area contributed by atoms with Gasteiger partial charge in [0.2, 0.25) is 0 Å². The highest BCUT2D eigenvalue weighted by Gasteiger charge is 2.45. The average Bonchev–Trinajstić information content (AvgIpc) is 1.72. The van der Waals surface area contributed by atoms with Crippen LogP contribution in [0.1, 0.15) is 224 Å². The van der Waals surface area contributed by atoms with E-state index in [-0.39, 0.29) is 65.4 Å². The zero-order valence-electron chi connectivity index (χ0n) is 70.0. The van der Waals surface area contributed by atoms with Crippen LogP contribution >= 0.6 is 0 Å². The van der Waals surface area contributed by atoms with Crippen molar-refractivity contribution in [1.29, 1.82) is 0 Å². The van der Waals surface area contributed by atoms with Gasteiger partial charge in [0.1, 0.15) is 12.2 Å². The summed E-state index contributed by atoms with van der Waals surface area (Å²) < 4.78 is 56.1. The molecule has 608 valence electrons. The van der Waals surface area contributed by atoms with Crippen molar-refractivity contribution in [2.24, 2.45) is 64.9 Å². The number of aryl methyl sites for hydroxylation is 7. The number of aliphatic hydroxyl groups excluding tert-OH is 3. The van der Waals surface area contributed by atoms with Gasteiger partial charge in [0.15, 0.2) is 15.6 Å². The van der Waals surface area contributed by atoms with Crippen LogP contribution in [0, 0.1) is 86.9 Å². The third-order valence-electron chi connectivity index (χ3n) is 24.3. The molecule has 5 heterocycles. The standard InChI is InChI=1S/C22H34O.C21H32O2.C20H31NO2.C20H28O4S.C13H22O2/c1-6-8-21-20(14-13-19-11-9-17(4)10-12-19)18(5)22(23-21)15-16(3)7-2;1-5-7-20-19(13-12-17-10-8-15(3)9-11-17)16(4)21(23-20)14-18(22)6-2;1-4-5-19-18(11-10-16-8-6-14(2)7-9-16)15(3)20(23-19)12-17(22)13-21;1-5-7-18-17(20(21)19(24-18)12-14(3)6-2)13-25(22,23)16-10-8-15(4)9-11-16;1-5-7-11-13(14)10(4)12(15-11)8-9(3)6-2/h6,9-12,16,18,20-22H,1,7-8,13-15H2,2-5H3;5,8-11,16,18-22H,1,6-7,12-14H2,2-4H3;4,6-9,15,17-20,22H,1,5,10-13,21H2,2-3H3;5,8-11,13-14,18-21H,1,6-7,12H2,2-4H3;5,9-12H,1,6-8H2,2-4H3/t16-,18-,20-,21+,22-;16-,18-,19-,20+,21-;15-,17+,18-,19+,20-;14-,18+,19-,20-;9-,10+,11+,12-/m11111/s1. The van der Waals surface area contributed by atoms with Gasteiger partial charge in [-0.2, -0.15) is 0 Å². The summed E-state index contributed by atoms with van der Waals surface area (Å²) in [6, 6.07) is 33.3. The van der Waals surface area contributed by atoms with Gasteiger partial charge in [-0.05, 0) is 213 Å². The molecule has 12 nitrogen and oxygen atoms in total. The van der Waals surface area contributed by atoms with E-state index >= 15 is 0 Å². The van der Waals surface area contributed by atoms with Crippen LogP contribution < -0.4 is 5.73 Å². The lowest BCUT2D eigenvalue weighted by atomic mass is 9.81. The van der Waals surface area contributed by atoms with Crippen molar-refractivity contribution in [3.63, 3.8) is 0 Å². The molecular weight excluding hydrogens is 1380 g/mol. The van der Waals surface area contributed by atoms with Crippen molar-refractivity contribution in [3.8, 4) is 0 Å². The SMILES string of the molecule is C=CC[C@@H]1O[C@H](C[C@H](C)CC)[C@H](C)C1=O.C=CC[C@@H]1O[C@H](C[C@H](C)CC)[C@H](C)[C@H]1CCc1ccc(C)cc1.C=CC[C@@H]1O[C@H](C[C@H](C)CC)[C@H](O)C1=CS(=O)(=O)c1ccc(C)cc1.C=CC[C@@H]1O[C@H](C[C@H](O)CC)[C@H](C)[C@H]1CCc1ccc(C)cc1.C=CC[C@@H]1O[C@H](C[C@H](O)CN)[C@H](C)[C@H]1CCc1ccc(C)cc1. The van der Waals surface area contributed by atoms with Gasteiger partial charge in [-0.15, -0.1) is 32.9 Å². The highest BCUT2D eigenvalue weighted by molar-refractivity contribution is 7.94. The zero-order chi connectivity index (χ0) is 80.5. The maximum Gasteiger partial charge on any atom is 0.199 e. The molecule has 4 aromatic carbocycles. The van der Waals surface area contributed by atoms with E-state index < -0.39 is 28.1 Å². The Morgan fingerprint density at radius 3 is 1.10 bits per heavy atom. The van der Waals surface area contributed by atoms with Gasteiger partial charge in [0, 0.05) is 29.9 Å². The van der Waals surface area contributed by atoms with E-state index in [2.05, 4.69) is 189 Å². The number of nitrogens with two attached hydrogens (primary N) is 1. The van der Waals surface area contributed by atoms with Crippen LogP contribution in [0.15, 0.2) is 176 Å². The van der Waals surface area contributed by atoms with E-state index in [1.807, 2.05) is 39.0 Å². The smallest absolute Gasteiger partial charge is 0.199 e. The van der Waals surface area contributed by atoms with E-state index in [0.717, 1.165) is 95.0 Å². The van der Waals surface area contributed by atoms with Gasteiger partial charge in [0.25, 0.3) is 0 Å². The highest BCUT2D eigenvalue weighted by Crippen LogP contribution is 2.43. The lowest BCUT2D eigenvalue weighted by Gasteiger charge is -2.21. The lowest BCUT2D eigenvalue weighted by Crippen LogP contribution is -2.28. The summed E-state index contributed by atoms with van der Waals surface area (Å²) in [5.41, 5.74) is 15.1. The molecular formula is C96H147NO11S. The Morgan fingerprint density at radius 2 is 0.752 bits per heavy atom. The fourth-order valence-electron chi connectivity index (χ4n) is 16.2. The minimum Gasteiger partial charge on any atom is -0.393 e. The molecule has 23 atom stereocenters. The van der Waals surface area contributed by atoms with E-state index in [9.17, 15) is 28.5 Å². The molecule has 5 fully saturated rings. The second-order valence-electron chi connectivity index (χ2n) is 33.0. The summed E-state index contributed by atoms with van der Waals surface area (Å²) in [5, 5.41) is 31.7. The van der Waals surface area contributed by atoms with E-state index in [0.29, 0.717) is 97.4 Å². The fourth-order valence-corrected chi connectivity index (χ4v) is 17.5. The number of hydrogen-bond donors (Lipinski definition) is 4. The molecule has 13 heteroatoms. The van der Waals surface area contributed by atoms with Crippen molar-refractivity contribution < 1.29 is 52.2 Å². The number of ether oxygens (including phenoxy) is 5. The fraction of sp³-hybridized carbons (Fsp3) is 0.615. The molecule has 109 heavy (non-hydrogen) atoms. The predicted molar refractivity (Wildman–Crippen MR) is 453 cm³/mol. The summed E-state index contributed by atoms with van der Waals surface area (Å²) in [4.78, 5) is 12.0. The first-order valence-corrected chi connectivity index (χ1v) is 43.4. The van der Waals surface area contributed by atoms with Crippen molar-refractivity contribution in [1.82, 2.24) is 0 Å². The Kier molecular flexibility index (Phi) is 42.0. The second kappa shape index (κ2) is 48.6. The normalized spacial score (nSPS) is 28.8. The third kappa shape index (κ3) is 30.1. The Bertz CT molecular complexity index is 3210. The largest absolute Gasteiger partial charge is 0.393 e. The van der Waals surface area contributed by atoms with Crippen LogP contribution in [0.4, 0.5) is 0 Å². The molecule has 0 radical (unpaired) electrons. The molecule has 5 aliphatic heterocycles. The number of aliphatic hydroxyl groups is 3. The lowest BCUT2D eigenvalue weighted by molar-refractivity contribution is -0.124. The summed E-state index contributed by atoms with van der Waals surface area (Å²) in [5.74, 6) is 5.38. The maximum atomic E-state index is 12.7. The summed E-state index contributed by atoms with van der Waals surface area (Å²) >= 11 is 0. The first-order chi connectivity index (χ1) is 52.0. The van der Waals surface area contributed by atoms with Crippen molar-refractivity contribution in [3.05, 3.63) is 210 Å². The van der Waals surface area contributed by atoms with Crippen LogP contribution in [0.25, 0.3) is 0 Å². The summed E-state index contributed by atoms with van der Waals surface area (Å²) in [6.45, 7) is 51.8. The Balaban J connectivity index is 0.000000246. The van der Waals surface area contributed by atoms with Crippen LogP contribution in [-0.2, 0) is 57.6 Å². The molecule has 0 aliphatic carbocycles. The van der Waals surface area contributed by atoms with Crippen molar-refractivity contribution in [2.45, 2.75) is 317 Å². The number of carbonyl (C=O) groups is 1. The molecule has 5 saturated heterocycles. The maximum absolute atomic E-state index is 12.7. The quantitative estimate of drug-likeness (QED) is 0.0317. The molecule has 9 rings (SSSR count).